The number of nitro benzene ring substituents is 2. The van der Waals surface area contributed by atoms with Crippen LogP contribution in [-0.4, -0.2) is 9.85 Å². The van der Waals surface area contributed by atoms with Crippen molar-refractivity contribution in [2.75, 3.05) is 0 Å². The predicted molar refractivity (Wildman–Crippen MR) is 131 cm³/mol. The molecule has 0 bridgehead atoms. The minimum atomic E-state index is -0.405. The van der Waals surface area contributed by atoms with E-state index < -0.39 is 9.85 Å². The first kappa shape index (κ1) is 22.9. The highest BCUT2D eigenvalue weighted by atomic mass is 32.2. The smallest absolute Gasteiger partial charge is 0.258 e. The van der Waals surface area contributed by atoms with Crippen molar-refractivity contribution in [2.24, 2.45) is 0 Å². The van der Waals surface area contributed by atoms with E-state index in [0.717, 1.165) is 9.79 Å². The van der Waals surface area contributed by atoms with Crippen molar-refractivity contribution in [3.8, 4) is 0 Å². The van der Waals surface area contributed by atoms with Crippen molar-refractivity contribution >= 4 is 46.7 Å². The van der Waals surface area contributed by atoms with Crippen LogP contribution in [-0.2, 0) is 0 Å². The number of hydrogen-bond donors (Lipinski definition) is 0. The standard InChI is InChI=1S/C24H16N2O4S3/c27-25(28)21-15-19(11-13-23(21)32-17-7-3-1-4-8-17)31-20-12-14-24(22(16-20)26(29)30)33-18-9-5-2-6-10-18/h1-16H. The average molecular weight is 493 g/mol. The van der Waals surface area contributed by atoms with Crippen LogP contribution in [0.15, 0.2) is 126 Å². The van der Waals surface area contributed by atoms with Crippen LogP contribution in [0.1, 0.15) is 0 Å². The second-order valence-corrected chi connectivity index (χ2v) is 10.1. The Bertz CT molecular complexity index is 1200. The number of nitro groups is 2. The van der Waals surface area contributed by atoms with E-state index in [9.17, 15) is 20.2 Å². The average Bonchev–Trinajstić information content (AvgIpc) is 2.82. The van der Waals surface area contributed by atoms with Gasteiger partial charge in [0.05, 0.1) is 19.6 Å². The van der Waals surface area contributed by atoms with Crippen molar-refractivity contribution in [2.45, 2.75) is 29.4 Å². The van der Waals surface area contributed by atoms with Gasteiger partial charge in [-0.05, 0) is 48.5 Å². The lowest BCUT2D eigenvalue weighted by atomic mass is 10.3. The lowest BCUT2D eigenvalue weighted by Crippen LogP contribution is -1.92. The third-order valence-corrected chi connectivity index (χ3v) is 7.56. The van der Waals surface area contributed by atoms with Gasteiger partial charge in [0.2, 0.25) is 0 Å². The number of rotatable bonds is 8. The quantitative estimate of drug-likeness (QED) is 0.182. The third-order valence-electron chi connectivity index (χ3n) is 4.43. The molecule has 9 heteroatoms. The van der Waals surface area contributed by atoms with E-state index in [1.54, 1.807) is 24.3 Å². The maximum absolute atomic E-state index is 11.7. The highest BCUT2D eigenvalue weighted by Crippen LogP contribution is 2.41. The Morgan fingerprint density at radius 1 is 0.485 bits per heavy atom. The monoisotopic (exact) mass is 492 g/mol. The molecule has 0 aromatic heterocycles. The molecular weight excluding hydrogens is 476 g/mol. The van der Waals surface area contributed by atoms with Crippen LogP contribution in [0.25, 0.3) is 0 Å². The van der Waals surface area contributed by atoms with E-state index in [1.807, 2.05) is 60.7 Å². The van der Waals surface area contributed by atoms with Crippen molar-refractivity contribution in [1.29, 1.82) is 0 Å². The molecule has 0 spiro atoms. The van der Waals surface area contributed by atoms with Crippen molar-refractivity contribution in [3.05, 3.63) is 117 Å². The van der Waals surface area contributed by atoms with Gasteiger partial charge in [0, 0.05) is 31.7 Å². The molecule has 0 aliphatic heterocycles. The second kappa shape index (κ2) is 10.6. The number of nitrogens with zero attached hydrogens (tertiary/aromatic N) is 2. The summed E-state index contributed by atoms with van der Waals surface area (Å²) in [4.78, 5) is 26.7. The number of benzene rings is 4. The molecule has 4 rings (SSSR count). The SMILES string of the molecule is O=[N+]([O-])c1cc(Sc2ccc(Sc3ccccc3)c([N+](=O)[O-])c2)ccc1Sc1ccccc1. The van der Waals surface area contributed by atoms with Crippen LogP contribution >= 0.6 is 35.3 Å². The van der Waals surface area contributed by atoms with E-state index >= 15 is 0 Å². The van der Waals surface area contributed by atoms with Gasteiger partial charge in [-0.25, -0.2) is 0 Å². The first-order chi connectivity index (χ1) is 16.0. The summed E-state index contributed by atoms with van der Waals surface area (Å²) < 4.78 is 0. The van der Waals surface area contributed by atoms with Crippen LogP contribution in [0.5, 0.6) is 0 Å². The zero-order valence-corrected chi connectivity index (χ0v) is 19.4. The normalized spacial score (nSPS) is 10.7. The van der Waals surface area contributed by atoms with Crippen LogP contribution in [0.4, 0.5) is 11.4 Å². The van der Waals surface area contributed by atoms with Gasteiger partial charge in [0.15, 0.2) is 0 Å². The first-order valence-corrected chi connectivity index (χ1v) is 12.1. The van der Waals surface area contributed by atoms with E-state index in [-0.39, 0.29) is 11.4 Å². The van der Waals surface area contributed by atoms with Crippen molar-refractivity contribution in [3.63, 3.8) is 0 Å². The molecule has 0 amide bonds. The summed E-state index contributed by atoms with van der Waals surface area (Å²) in [5, 5.41) is 23.3. The highest BCUT2D eigenvalue weighted by molar-refractivity contribution is 8.00. The maximum Gasteiger partial charge on any atom is 0.284 e. The largest absolute Gasteiger partial charge is 0.284 e. The fourth-order valence-electron chi connectivity index (χ4n) is 2.95. The Morgan fingerprint density at radius 2 is 0.879 bits per heavy atom. The van der Waals surface area contributed by atoms with Crippen molar-refractivity contribution < 1.29 is 9.85 Å². The molecule has 0 atom stereocenters. The second-order valence-electron chi connectivity index (χ2n) is 6.71. The third kappa shape index (κ3) is 5.95. The maximum atomic E-state index is 11.7. The molecular formula is C24H16N2O4S3. The topological polar surface area (TPSA) is 86.3 Å². The lowest BCUT2D eigenvalue weighted by Gasteiger charge is -2.08. The zero-order valence-electron chi connectivity index (χ0n) is 17.0. The molecule has 0 saturated carbocycles. The number of hydrogen-bond acceptors (Lipinski definition) is 7. The van der Waals surface area contributed by atoms with Crippen LogP contribution in [0.3, 0.4) is 0 Å². The lowest BCUT2D eigenvalue weighted by molar-refractivity contribution is -0.388. The molecule has 6 nitrogen and oxygen atoms in total. The summed E-state index contributed by atoms with van der Waals surface area (Å²) in [5.41, 5.74) is -0.000729. The Hall–Kier alpha value is -3.27. The van der Waals surface area contributed by atoms with Gasteiger partial charge in [-0.15, -0.1) is 0 Å². The molecule has 4 aromatic carbocycles. The van der Waals surface area contributed by atoms with Gasteiger partial charge in [0.25, 0.3) is 11.4 Å². The molecule has 0 heterocycles. The van der Waals surface area contributed by atoms with Gasteiger partial charge >= 0.3 is 0 Å². The van der Waals surface area contributed by atoms with Gasteiger partial charge in [-0.2, -0.15) is 0 Å². The molecule has 0 fully saturated rings. The van der Waals surface area contributed by atoms with Crippen LogP contribution < -0.4 is 0 Å². The molecule has 0 aliphatic carbocycles. The van der Waals surface area contributed by atoms with E-state index in [1.165, 1.54) is 47.4 Å². The summed E-state index contributed by atoms with van der Waals surface area (Å²) in [7, 11) is 0. The van der Waals surface area contributed by atoms with Crippen LogP contribution in [0.2, 0.25) is 0 Å². The van der Waals surface area contributed by atoms with E-state index in [2.05, 4.69) is 0 Å². The minimum Gasteiger partial charge on any atom is -0.258 e. The molecule has 0 aliphatic rings. The summed E-state index contributed by atoms with van der Waals surface area (Å²) in [6.07, 6.45) is 0. The minimum absolute atomic E-state index is 0.000365. The summed E-state index contributed by atoms with van der Waals surface area (Å²) >= 11 is 3.90. The van der Waals surface area contributed by atoms with E-state index in [0.29, 0.717) is 19.6 Å². The van der Waals surface area contributed by atoms with Gasteiger partial charge in [0.1, 0.15) is 0 Å². The summed E-state index contributed by atoms with van der Waals surface area (Å²) in [6, 6.07) is 28.9. The Morgan fingerprint density at radius 3 is 1.24 bits per heavy atom. The van der Waals surface area contributed by atoms with Gasteiger partial charge in [-0.3, -0.25) is 20.2 Å². The fourth-order valence-corrected chi connectivity index (χ4v) is 5.67. The Labute approximate surface area is 202 Å². The van der Waals surface area contributed by atoms with Gasteiger partial charge in [-0.1, -0.05) is 71.7 Å². The van der Waals surface area contributed by atoms with Crippen molar-refractivity contribution in [1.82, 2.24) is 0 Å². The highest BCUT2D eigenvalue weighted by Gasteiger charge is 2.19. The molecule has 0 unspecified atom stereocenters. The molecule has 164 valence electrons. The molecule has 4 aromatic rings. The Kier molecular flexibility index (Phi) is 7.33. The molecule has 0 radical (unpaired) electrons. The summed E-state index contributed by atoms with van der Waals surface area (Å²) in [5.74, 6) is 0. The summed E-state index contributed by atoms with van der Waals surface area (Å²) in [6.45, 7) is 0. The predicted octanol–water partition coefficient (Wildman–Crippen LogP) is 7.96. The fraction of sp³-hybridized carbons (Fsp3) is 0. The van der Waals surface area contributed by atoms with Gasteiger partial charge < -0.3 is 0 Å². The molecule has 0 N–H and O–H groups in total. The zero-order chi connectivity index (χ0) is 23.2. The molecule has 0 saturated heterocycles. The van der Waals surface area contributed by atoms with E-state index in [4.69, 9.17) is 0 Å². The molecule has 33 heavy (non-hydrogen) atoms. The Balaban J connectivity index is 1.59. The first-order valence-electron chi connectivity index (χ1n) is 9.70. The van der Waals surface area contributed by atoms with Crippen LogP contribution in [0, 0.1) is 20.2 Å².